The summed E-state index contributed by atoms with van der Waals surface area (Å²) in [6.07, 6.45) is 8.37. The van der Waals surface area contributed by atoms with Crippen LogP contribution >= 0.6 is 11.3 Å². The molecule has 29 heavy (non-hydrogen) atoms. The molecule has 2 aliphatic rings. The van der Waals surface area contributed by atoms with Crippen LogP contribution in [0.2, 0.25) is 0 Å². The van der Waals surface area contributed by atoms with Crippen LogP contribution in [0.1, 0.15) is 42.5 Å². The van der Waals surface area contributed by atoms with E-state index in [1.54, 1.807) is 18.4 Å². The van der Waals surface area contributed by atoms with E-state index < -0.39 is 10.0 Å². The second-order valence-corrected chi connectivity index (χ2v) is 11.0. The third-order valence-electron chi connectivity index (χ3n) is 5.88. The van der Waals surface area contributed by atoms with Gasteiger partial charge >= 0.3 is 0 Å². The number of rotatable bonds is 6. The number of ether oxygens (including phenoxy) is 1. The molecule has 2 N–H and O–H groups in total. The molecule has 2 aliphatic carbocycles. The first-order valence-corrected chi connectivity index (χ1v) is 13.0. The third-order valence-corrected chi connectivity index (χ3v) is 7.72. The minimum absolute atomic E-state index is 0.0886. The highest BCUT2D eigenvalue weighted by molar-refractivity contribution is 7.88. The van der Waals surface area contributed by atoms with Gasteiger partial charge in [-0.2, -0.15) is 0 Å². The summed E-state index contributed by atoms with van der Waals surface area (Å²) in [7, 11) is -1.40. The zero-order chi connectivity index (χ0) is 20.4. The van der Waals surface area contributed by atoms with Crippen LogP contribution < -0.4 is 14.8 Å². The molecule has 0 aliphatic heterocycles. The molecule has 1 fully saturated rings. The number of methoxy groups -OCH3 is 1. The molecule has 1 aromatic carbocycles. The van der Waals surface area contributed by atoms with Gasteiger partial charge in [0.2, 0.25) is 10.0 Å². The van der Waals surface area contributed by atoms with E-state index in [1.807, 2.05) is 6.07 Å². The molecule has 4 rings (SSSR count). The van der Waals surface area contributed by atoms with Crippen molar-refractivity contribution >= 4 is 26.5 Å². The number of hydrogen-bond donors (Lipinski definition) is 2. The molecule has 0 atom stereocenters. The minimum atomic E-state index is -3.11. The van der Waals surface area contributed by atoms with E-state index in [9.17, 15) is 8.42 Å². The fourth-order valence-electron chi connectivity index (χ4n) is 4.40. The van der Waals surface area contributed by atoms with Gasteiger partial charge in [-0.25, -0.2) is 18.1 Å². The number of anilines is 1. The van der Waals surface area contributed by atoms with E-state index in [0.717, 1.165) is 68.1 Å². The Bertz CT molecular complexity index is 964. The van der Waals surface area contributed by atoms with Gasteiger partial charge in [0.15, 0.2) is 5.13 Å². The van der Waals surface area contributed by atoms with Gasteiger partial charge in [-0.15, -0.1) is 11.3 Å². The summed E-state index contributed by atoms with van der Waals surface area (Å²) < 4.78 is 30.9. The van der Waals surface area contributed by atoms with Gasteiger partial charge < -0.3 is 10.1 Å². The van der Waals surface area contributed by atoms with Crippen LogP contribution in [0, 0.1) is 5.92 Å². The quantitative estimate of drug-likeness (QED) is 0.721. The molecule has 1 aromatic heterocycles. The average molecular weight is 436 g/mol. The SMILES string of the molecule is COc1ccc2c(c1)CCCc1sc(NCC3CCC(NS(C)(=O)=O)CC3)nc1-2. The van der Waals surface area contributed by atoms with E-state index in [4.69, 9.17) is 9.72 Å². The maximum atomic E-state index is 11.4. The molecular formula is C21H29N3O3S2. The van der Waals surface area contributed by atoms with Crippen molar-refractivity contribution < 1.29 is 13.2 Å². The summed E-state index contributed by atoms with van der Waals surface area (Å²) in [6, 6.07) is 6.38. The summed E-state index contributed by atoms with van der Waals surface area (Å²) in [5.41, 5.74) is 3.67. The molecule has 8 heteroatoms. The highest BCUT2D eigenvalue weighted by atomic mass is 32.2. The van der Waals surface area contributed by atoms with Crippen molar-refractivity contribution in [3.63, 3.8) is 0 Å². The number of nitrogens with zero attached hydrogens (tertiary/aromatic N) is 1. The lowest BCUT2D eigenvalue weighted by Gasteiger charge is -2.28. The Morgan fingerprint density at radius 2 is 2.00 bits per heavy atom. The molecule has 0 saturated heterocycles. The largest absolute Gasteiger partial charge is 0.497 e. The van der Waals surface area contributed by atoms with Crippen molar-refractivity contribution in [3.8, 4) is 17.0 Å². The van der Waals surface area contributed by atoms with E-state index in [2.05, 4.69) is 22.2 Å². The number of sulfonamides is 1. The Morgan fingerprint density at radius 1 is 1.21 bits per heavy atom. The topological polar surface area (TPSA) is 80.3 Å². The summed E-state index contributed by atoms with van der Waals surface area (Å²) in [5.74, 6) is 1.47. The van der Waals surface area contributed by atoms with E-state index in [-0.39, 0.29) is 6.04 Å². The standard InChI is InChI=1S/C21H29N3O3S2/c1-27-17-10-11-18-15(12-17)4-3-5-19-20(18)23-21(28-19)22-13-14-6-8-16(9-7-14)24-29(2,25)26/h10-12,14,16,24H,3-9,13H2,1-2H3,(H,22,23). The summed E-state index contributed by atoms with van der Waals surface area (Å²) in [6.45, 7) is 0.896. The van der Waals surface area contributed by atoms with Gasteiger partial charge in [0.05, 0.1) is 19.1 Å². The number of fused-ring (bicyclic) bond motifs is 3. The molecule has 0 amide bonds. The van der Waals surface area contributed by atoms with Gasteiger partial charge in [0, 0.05) is 23.0 Å². The van der Waals surface area contributed by atoms with Crippen LogP contribution in [0.15, 0.2) is 18.2 Å². The Kier molecular flexibility index (Phi) is 6.13. The maximum absolute atomic E-state index is 11.4. The molecule has 0 radical (unpaired) electrons. The van der Waals surface area contributed by atoms with Gasteiger partial charge in [-0.1, -0.05) is 0 Å². The Labute approximate surface area is 177 Å². The number of hydrogen-bond acceptors (Lipinski definition) is 6. The predicted octanol–water partition coefficient (Wildman–Crippen LogP) is 3.83. The van der Waals surface area contributed by atoms with Crippen LogP contribution in [-0.4, -0.2) is 39.4 Å². The van der Waals surface area contributed by atoms with Crippen molar-refractivity contribution in [1.29, 1.82) is 0 Å². The van der Waals surface area contributed by atoms with Crippen molar-refractivity contribution in [3.05, 3.63) is 28.6 Å². The predicted molar refractivity (Wildman–Crippen MR) is 118 cm³/mol. The van der Waals surface area contributed by atoms with E-state index >= 15 is 0 Å². The molecular weight excluding hydrogens is 406 g/mol. The van der Waals surface area contributed by atoms with Gasteiger partial charge in [-0.3, -0.25) is 0 Å². The van der Waals surface area contributed by atoms with Crippen molar-refractivity contribution in [2.45, 2.75) is 51.0 Å². The molecule has 6 nitrogen and oxygen atoms in total. The number of benzene rings is 1. The maximum Gasteiger partial charge on any atom is 0.208 e. The Morgan fingerprint density at radius 3 is 2.72 bits per heavy atom. The Hall–Kier alpha value is -1.64. The number of aryl methyl sites for hydroxylation is 2. The lowest BCUT2D eigenvalue weighted by atomic mass is 9.86. The van der Waals surface area contributed by atoms with E-state index in [1.165, 1.54) is 22.3 Å². The molecule has 1 heterocycles. The highest BCUT2D eigenvalue weighted by Gasteiger charge is 2.24. The summed E-state index contributed by atoms with van der Waals surface area (Å²) in [5, 5.41) is 4.55. The molecule has 2 aromatic rings. The highest BCUT2D eigenvalue weighted by Crippen LogP contribution is 2.38. The number of aromatic nitrogens is 1. The zero-order valence-electron chi connectivity index (χ0n) is 17.0. The van der Waals surface area contributed by atoms with Gasteiger partial charge in [0.1, 0.15) is 5.75 Å². The molecule has 158 valence electrons. The van der Waals surface area contributed by atoms with Gasteiger partial charge in [0.25, 0.3) is 0 Å². The molecule has 1 saturated carbocycles. The van der Waals surface area contributed by atoms with Crippen LogP contribution in [0.5, 0.6) is 5.75 Å². The second kappa shape index (κ2) is 8.62. The van der Waals surface area contributed by atoms with Crippen molar-refractivity contribution in [1.82, 2.24) is 9.71 Å². The Balaban J connectivity index is 1.39. The minimum Gasteiger partial charge on any atom is -0.497 e. The molecule has 0 unspecified atom stereocenters. The molecule has 0 bridgehead atoms. The first kappa shape index (κ1) is 20.6. The zero-order valence-corrected chi connectivity index (χ0v) is 18.7. The first-order chi connectivity index (χ1) is 13.9. The fourth-order valence-corrected chi connectivity index (χ4v) is 6.27. The fraction of sp³-hybridized carbons (Fsp3) is 0.571. The van der Waals surface area contributed by atoms with Gasteiger partial charge in [-0.05, 0) is 74.6 Å². The lowest BCUT2D eigenvalue weighted by Crippen LogP contribution is -2.37. The smallest absolute Gasteiger partial charge is 0.208 e. The number of thiazole rings is 1. The van der Waals surface area contributed by atoms with E-state index in [0.29, 0.717) is 5.92 Å². The van der Waals surface area contributed by atoms with Crippen molar-refractivity contribution in [2.75, 3.05) is 25.2 Å². The number of nitrogens with one attached hydrogen (secondary N) is 2. The summed E-state index contributed by atoms with van der Waals surface area (Å²) >= 11 is 1.77. The van der Waals surface area contributed by atoms with Crippen LogP contribution in [0.3, 0.4) is 0 Å². The monoisotopic (exact) mass is 435 g/mol. The molecule has 0 spiro atoms. The average Bonchev–Trinajstić information content (AvgIpc) is 3.01. The normalized spacial score (nSPS) is 21.7. The van der Waals surface area contributed by atoms with Crippen molar-refractivity contribution in [2.24, 2.45) is 5.92 Å². The van der Waals surface area contributed by atoms with Crippen LogP contribution in [-0.2, 0) is 22.9 Å². The lowest BCUT2D eigenvalue weighted by molar-refractivity contribution is 0.324. The van der Waals surface area contributed by atoms with Crippen LogP contribution in [0.4, 0.5) is 5.13 Å². The van der Waals surface area contributed by atoms with Crippen LogP contribution in [0.25, 0.3) is 11.3 Å². The summed E-state index contributed by atoms with van der Waals surface area (Å²) in [4.78, 5) is 6.29. The first-order valence-electron chi connectivity index (χ1n) is 10.3. The third kappa shape index (κ3) is 5.10. The second-order valence-electron chi connectivity index (χ2n) is 8.16.